The van der Waals surface area contributed by atoms with Gasteiger partial charge in [-0.2, -0.15) is 0 Å². The van der Waals surface area contributed by atoms with Crippen molar-refractivity contribution in [2.45, 2.75) is 18.9 Å². The summed E-state index contributed by atoms with van der Waals surface area (Å²) in [7, 11) is 0. The van der Waals surface area contributed by atoms with E-state index in [1.54, 1.807) is 0 Å². The highest BCUT2D eigenvalue weighted by molar-refractivity contribution is 6.32. The molecule has 1 aromatic carbocycles. The summed E-state index contributed by atoms with van der Waals surface area (Å²) in [5.41, 5.74) is 2.13. The van der Waals surface area contributed by atoms with Crippen LogP contribution in [0.15, 0.2) is 18.2 Å². The third-order valence-electron chi connectivity index (χ3n) is 2.79. The van der Waals surface area contributed by atoms with Crippen molar-refractivity contribution in [3.63, 3.8) is 0 Å². The van der Waals surface area contributed by atoms with Crippen LogP contribution < -0.4 is 4.90 Å². The molecule has 0 spiro atoms. The van der Waals surface area contributed by atoms with Crippen molar-refractivity contribution >= 4 is 28.9 Å². The summed E-state index contributed by atoms with van der Waals surface area (Å²) in [6.45, 7) is 4.69. The van der Waals surface area contributed by atoms with Gasteiger partial charge in [-0.15, -0.1) is 11.6 Å². The number of nitrogens with zero attached hydrogens (tertiary/aromatic N) is 1. The monoisotopic (exact) mass is 259 g/mol. The molecule has 1 unspecified atom stereocenters. The lowest BCUT2D eigenvalue weighted by Gasteiger charge is -2.33. The fourth-order valence-corrected chi connectivity index (χ4v) is 2.44. The van der Waals surface area contributed by atoms with E-state index in [0.717, 1.165) is 36.0 Å². The van der Waals surface area contributed by atoms with Gasteiger partial charge < -0.3 is 9.64 Å². The second-order valence-corrected chi connectivity index (χ2v) is 4.71. The van der Waals surface area contributed by atoms with Gasteiger partial charge in [0.05, 0.1) is 12.7 Å². The molecule has 0 amide bonds. The number of halogens is 2. The van der Waals surface area contributed by atoms with E-state index in [0.29, 0.717) is 5.88 Å². The molecule has 0 aliphatic carbocycles. The van der Waals surface area contributed by atoms with Gasteiger partial charge >= 0.3 is 0 Å². The smallest absolute Gasteiger partial charge is 0.0722 e. The third-order valence-corrected chi connectivity index (χ3v) is 3.43. The Hall–Kier alpha value is -0.440. The first-order valence-corrected chi connectivity index (χ1v) is 6.33. The first kappa shape index (κ1) is 12.0. The number of alkyl halides is 1. The van der Waals surface area contributed by atoms with Gasteiger partial charge in [0.1, 0.15) is 0 Å². The minimum Gasteiger partial charge on any atom is -0.375 e. The maximum absolute atomic E-state index is 6.14. The molecule has 1 aromatic rings. The number of hydrogen-bond acceptors (Lipinski definition) is 2. The molecule has 1 aliphatic heterocycles. The molecular weight excluding hydrogens is 245 g/mol. The zero-order valence-corrected chi connectivity index (χ0v) is 10.8. The van der Waals surface area contributed by atoms with Crippen LogP contribution in [-0.2, 0) is 10.6 Å². The number of hydrogen-bond donors (Lipinski definition) is 0. The van der Waals surface area contributed by atoms with Crippen molar-refractivity contribution in [1.82, 2.24) is 0 Å². The zero-order valence-electron chi connectivity index (χ0n) is 9.25. The average Bonchev–Trinajstić information content (AvgIpc) is 2.29. The van der Waals surface area contributed by atoms with Gasteiger partial charge in [0, 0.05) is 29.7 Å². The molecular formula is C12H15Cl2NO. The van der Waals surface area contributed by atoms with E-state index in [9.17, 15) is 0 Å². The van der Waals surface area contributed by atoms with E-state index in [1.807, 2.05) is 12.1 Å². The van der Waals surface area contributed by atoms with E-state index in [1.165, 1.54) is 0 Å². The number of morpholine rings is 1. The number of ether oxygens (including phenoxy) is 1. The molecule has 2 nitrogen and oxygen atoms in total. The van der Waals surface area contributed by atoms with Gasteiger partial charge in [0.15, 0.2) is 0 Å². The second-order valence-electron chi connectivity index (χ2n) is 4.04. The molecule has 1 fully saturated rings. The molecule has 0 saturated carbocycles. The van der Waals surface area contributed by atoms with Crippen LogP contribution in [0.5, 0.6) is 0 Å². The predicted octanol–water partition coefficient (Wildman–Crippen LogP) is 3.30. The Kier molecular flexibility index (Phi) is 3.95. The molecule has 1 aliphatic rings. The third kappa shape index (κ3) is 2.62. The molecule has 0 aromatic heterocycles. The van der Waals surface area contributed by atoms with Crippen LogP contribution in [0, 0.1) is 0 Å². The Morgan fingerprint density at radius 3 is 2.94 bits per heavy atom. The quantitative estimate of drug-likeness (QED) is 0.756. The van der Waals surface area contributed by atoms with Crippen molar-refractivity contribution < 1.29 is 4.74 Å². The van der Waals surface area contributed by atoms with Crippen molar-refractivity contribution in [2.24, 2.45) is 0 Å². The molecule has 1 heterocycles. The summed E-state index contributed by atoms with van der Waals surface area (Å²) < 4.78 is 5.51. The van der Waals surface area contributed by atoms with Crippen LogP contribution >= 0.6 is 23.2 Å². The largest absolute Gasteiger partial charge is 0.375 e. The number of anilines is 1. The van der Waals surface area contributed by atoms with Crippen LogP contribution in [0.4, 0.5) is 5.69 Å². The standard InChI is InChI=1S/C12H15Cl2NO/c1-9-8-15(4-5-16-9)11-3-2-10(7-13)12(14)6-11/h2-3,6,9H,4-5,7-8H2,1H3. The Balaban J connectivity index is 2.17. The SMILES string of the molecule is CC1CN(c2ccc(CCl)c(Cl)c2)CCO1. The first-order chi connectivity index (χ1) is 7.70. The fraction of sp³-hybridized carbons (Fsp3) is 0.500. The Bertz CT molecular complexity index is 370. The van der Waals surface area contributed by atoms with Crippen LogP contribution in [0.1, 0.15) is 12.5 Å². The highest BCUT2D eigenvalue weighted by Gasteiger charge is 2.17. The van der Waals surface area contributed by atoms with E-state index < -0.39 is 0 Å². The number of rotatable bonds is 2. The topological polar surface area (TPSA) is 12.5 Å². The summed E-state index contributed by atoms with van der Waals surface area (Å²) in [6.07, 6.45) is 0.278. The first-order valence-electron chi connectivity index (χ1n) is 5.41. The predicted molar refractivity (Wildman–Crippen MR) is 68.6 cm³/mol. The van der Waals surface area contributed by atoms with Gasteiger partial charge in [-0.3, -0.25) is 0 Å². The minimum atomic E-state index is 0.278. The molecule has 4 heteroatoms. The molecule has 0 bridgehead atoms. The number of benzene rings is 1. The highest BCUT2D eigenvalue weighted by Crippen LogP contribution is 2.26. The summed E-state index contributed by atoms with van der Waals surface area (Å²) in [5, 5.41) is 0.742. The van der Waals surface area contributed by atoms with E-state index in [2.05, 4.69) is 17.9 Å². The van der Waals surface area contributed by atoms with Crippen molar-refractivity contribution in [3.05, 3.63) is 28.8 Å². The van der Waals surface area contributed by atoms with Crippen molar-refractivity contribution in [3.8, 4) is 0 Å². The van der Waals surface area contributed by atoms with Crippen LogP contribution in [0.25, 0.3) is 0 Å². The maximum atomic E-state index is 6.14. The highest BCUT2D eigenvalue weighted by atomic mass is 35.5. The van der Waals surface area contributed by atoms with E-state index >= 15 is 0 Å². The Morgan fingerprint density at radius 1 is 1.50 bits per heavy atom. The molecule has 88 valence electrons. The zero-order chi connectivity index (χ0) is 11.5. The van der Waals surface area contributed by atoms with Crippen LogP contribution in [0.2, 0.25) is 5.02 Å². The Labute approximate surface area is 106 Å². The van der Waals surface area contributed by atoms with Crippen LogP contribution in [-0.4, -0.2) is 25.8 Å². The molecule has 1 saturated heterocycles. The summed E-state index contributed by atoms with van der Waals surface area (Å²) >= 11 is 11.9. The fourth-order valence-electron chi connectivity index (χ4n) is 1.89. The molecule has 16 heavy (non-hydrogen) atoms. The van der Waals surface area contributed by atoms with Gasteiger partial charge in [0.25, 0.3) is 0 Å². The van der Waals surface area contributed by atoms with Gasteiger partial charge in [-0.25, -0.2) is 0 Å². The summed E-state index contributed by atoms with van der Waals surface area (Å²) in [6, 6.07) is 6.05. The molecule has 1 atom stereocenters. The van der Waals surface area contributed by atoms with Crippen LogP contribution in [0.3, 0.4) is 0 Å². The van der Waals surface area contributed by atoms with Gasteiger partial charge in [0.2, 0.25) is 0 Å². The average molecular weight is 260 g/mol. The van der Waals surface area contributed by atoms with E-state index in [-0.39, 0.29) is 6.10 Å². The molecule has 2 rings (SSSR count). The molecule has 0 radical (unpaired) electrons. The minimum absolute atomic E-state index is 0.278. The lowest BCUT2D eigenvalue weighted by molar-refractivity contribution is 0.0532. The summed E-state index contributed by atoms with van der Waals surface area (Å²) in [4.78, 5) is 2.29. The lowest BCUT2D eigenvalue weighted by atomic mass is 10.2. The van der Waals surface area contributed by atoms with Gasteiger partial charge in [-0.05, 0) is 24.6 Å². The van der Waals surface area contributed by atoms with E-state index in [4.69, 9.17) is 27.9 Å². The second kappa shape index (κ2) is 5.26. The van der Waals surface area contributed by atoms with Gasteiger partial charge in [-0.1, -0.05) is 17.7 Å². The van der Waals surface area contributed by atoms with Crippen molar-refractivity contribution in [2.75, 3.05) is 24.6 Å². The maximum Gasteiger partial charge on any atom is 0.0722 e. The lowest BCUT2D eigenvalue weighted by Crippen LogP contribution is -2.41. The normalized spacial score (nSPS) is 21.2. The van der Waals surface area contributed by atoms with Crippen molar-refractivity contribution in [1.29, 1.82) is 0 Å². The Morgan fingerprint density at radius 2 is 2.31 bits per heavy atom. The summed E-state index contributed by atoms with van der Waals surface area (Å²) in [5.74, 6) is 0.457. The molecule has 0 N–H and O–H groups in total.